The molecule has 6 nitrogen and oxygen atoms in total. The largest absolute Gasteiger partial charge is 0.420 e. The smallest absolute Gasteiger partial charge is 0.247 e. The molecule has 0 aliphatic carbocycles. The monoisotopic (exact) mass is 449 g/mol. The summed E-state index contributed by atoms with van der Waals surface area (Å²) in [4.78, 5) is 0. The van der Waals surface area contributed by atoms with Crippen molar-refractivity contribution in [1.82, 2.24) is 20.4 Å². The molecule has 4 rings (SSSR count). The Morgan fingerprint density at radius 1 is 1.04 bits per heavy atom. The molecule has 10 heteroatoms. The number of hydrogen-bond donors (Lipinski definition) is 1. The summed E-state index contributed by atoms with van der Waals surface area (Å²) in [6.45, 7) is 1.95. The van der Waals surface area contributed by atoms with Crippen LogP contribution in [0.5, 0.6) is 0 Å². The lowest BCUT2D eigenvalue weighted by Gasteiger charge is -2.06. The lowest BCUT2D eigenvalue weighted by molar-refractivity contribution is 0.528. The normalized spacial score (nSPS) is 11.0. The molecule has 142 valence electrons. The van der Waals surface area contributed by atoms with Crippen LogP contribution in [0.2, 0.25) is 10.0 Å². The van der Waals surface area contributed by atoms with Crippen LogP contribution in [0.4, 0.5) is 10.8 Å². The summed E-state index contributed by atoms with van der Waals surface area (Å²) in [5.74, 6) is 1.49. The Balaban J connectivity index is 1.38. The fraction of sp³-hybridized carbons (Fsp3) is 0.111. The van der Waals surface area contributed by atoms with Crippen molar-refractivity contribution in [2.75, 3.05) is 5.32 Å². The molecule has 0 saturated heterocycles. The highest BCUT2D eigenvalue weighted by atomic mass is 35.5. The molecule has 0 radical (unpaired) electrons. The second-order valence-corrected chi connectivity index (χ2v) is 8.75. The van der Waals surface area contributed by atoms with Crippen molar-refractivity contribution in [3.8, 4) is 11.5 Å². The molecular formula is C18H13Cl2N5OS2. The Morgan fingerprint density at radius 3 is 2.68 bits per heavy atom. The first-order valence-corrected chi connectivity index (χ1v) is 10.7. The molecule has 0 fully saturated rings. The van der Waals surface area contributed by atoms with Crippen LogP contribution in [0, 0.1) is 6.92 Å². The van der Waals surface area contributed by atoms with Crippen molar-refractivity contribution in [1.29, 1.82) is 0 Å². The Kier molecular flexibility index (Phi) is 5.82. The Labute approximate surface area is 179 Å². The first-order chi connectivity index (χ1) is 13.6. The highest BCUT2D eigenvalue weighted by Crippen LogP contribution is 2.32. The van der Waals surface area contributed by atoms with Crippen molar-refractivity contribution in [3.05, 3.63) is 64.0 Å². The number of thioether (sulfide) groups is 1. The minimum absolute atomic E-state index is 0.461. The van der Waals surface area contributed by atoms with Gasteiger partial charge in [-0.15, -0.1) is 20.4 Å². The highest BCUT2D eigenvalue weighted by molar-refractivity contribution is 8.00. The van der Waals surface area contributed by atoms with Crippen LogP contribution in [-0.4, -0.2) is 20.4 Å². The SMILES string of the molecule is Cc1c(Cl)cccc1Nc1nnc(SCc2nnc(-c3ccc(Cl)cc3)o2)s1. The van der Waals surface area contributed by atoms with Crippen LogP contribution < -0.4 is 5.32 Å². The Hall–Kier alpha value is -2.13. The first kappa shape index (κ1) is 19.2. The minimum atomic E-state index is 0.461. The van der Waals surface area contributed by atoms with Crippen molar-refractivity contribution in [2.45, 2.75) is 17.0 Å². The molecule has 2 aromatic carbocycles. The van der Waals surface area contributed by atoms with E-state index in [9.17, 15) is 0 Å². The topological polar surface area (TPSA) is 76.7 Å². The van der Waals surface area contributed by atoms with E-state index in [0.29, 0.717) is 32.7 Å². The maximum absolute atomic E-state index is 6.15. The van der Waals surface area contributed by atoms with E-state index in [0.717, 1.165) is 21.2 Å². The predicted octanol–water partition coefficient (Wildman–Crippen LogP) is 6.24. The first-order valence-electron chi connectivity index (χ1n) is 8.15. The molecule has 0 atom stereocenters. The van der Waals surface area contributed by atoms with Crippen molar-refractivity contribution >= 4 is 57.1 Å². The summed E-state index contributed by atoms with van der Waals surface area (Å²) in [6.07, 6.45) is 0. The zero-order chi connectivity index (χ0) is 19.5. The highest BCUT2D eigenvalue weighted by Gasteiger charge is 2.12. The van der Waals surface area contributed by atoms with E-state index in [2.05, 4.69) is 25.7 Å². The molecule has 4 aromatic rings. The molecule has 1 N–H and O–H groups in total. The van der Waals surface area contributed by atoms with E-state index in [-0.39, 0.29) is 0 Å². The van der Waals surface area contributed by atoms with Gasteiger partial charge in [0.15, 0.2) is 4.34 Å². The summed E-state index contributed by atoms with van der Waals surface area (Å²) >= 11 is 15.0. The number of rotatable bonds is 6. The maximum Gasteiger partial charge on any atom is 0.247 e. The van der Waals surface area contributed by atoms with Crippen LogP contribution >= 0.6 is 46.3 Å². The van der Waals surface area contributed by atoms with Crippen LogP contribution in [0.15, 0.2) is 51.2 Å². The molecular weight excluding hydrogens is 437 g/mol. The molecule has 2 aromatic heterocycles. The molecule has 0 saturated carbocycles. The number of nitrogens with zero attached hydrogens (tertiary/aromatic N) is 4. The number of benzene rings is 2. The van der Waals surface area contributed by atoms with E-state index >= 15 is 0 Å². The number of aromatic nitrogens is 4. The fourth-order valence-electron chi connectivity index (χ4n) is 2.32. The van der Waals surface area contributed by atoms with Crippen LogP contribution in [-0.2, 0) is 5.75 Å². The van der Waals surface area contributed by atoms with Gasteiger partial charge >= 0.3 is 0 Å². The van der Waals surface area contributed by atoms with Crippen molar-refractivity contribution in [2.24, 2.45) is 0 Å². The lowest BCUT2D eigenvalue weighted by atomic mass is 10.2. The molecule has 2 heterocycles. The van der Waals surface area contributed by atoms with Crippen molar-refractivity contribution in [3.63, 3.8) is 0 Å². The second-order valence-electron chi connectivity index (χ2n) is 5.71. The van der Waals surface area contributed by atoms with Crippen molar-refractivity contribution < 1.29 is 4.42 Å². The van der Waals surface area contributed by atoms with Gasteiger partial charge in [-0.2, -0.15) is 0 Å². The molecule has 0 spiro atoms. The third-order valence-corrected chi connectivity index (χ3v) is 6.41. The molecule has 0 aliphatic heterocycles. The number of anilines is 2. The zero-order valence-corrected chi connectivity index (χ0v) is 17.7. The van der Waals surface area contributed by atoms with Gasteiger partial charge in [-0.1, -0.05) is 52.4 Å². The number of hydrogen-bond acceptors (Lipinski definition) is 8. The number of halogens is 2. The molecule has 0 unspecified atom stereocenters. The van der Waals surface area contributed by atoms with Crippen LogP contribution in [0.25, 0.3) is 11.5 Å². The van der Waals surface area contributed by atoms with E-state index in [1.54, 1.807) is 12.1 Å². The fourth-order valence-corrected chi connectivity index (χ4v) is 4.22. The van der Waals surface area contributed by atoms with Crippen LogP contribution in [0.3, 0.4) is 0 Å². The van der Waals surface area contributed by atoms with Gasteiger partial charge in [0.2, 0.25) is 16.9 Å². The standard InChI is InChI=1S/C18H13Cl2N5OS2/c1-10-13(20)3-2-4-14(10)21-17-24-25-18(28-17)27-9-15-22-23-16(26-15)11-5-7-12(19)8-6-11/h2-8H,9H2,1H3,(H,21,24). The van der Waals surface area contributed by atoms with Gasteiger partial charge in [0.05, 0.1) is 5.75 Å². The van der Waals surface area contributed by atoms with Gasteiger partial charge in [-0.25, -0.2) is 0 Å². The summed E-state index contributed by atoms with van der Waals surface area (Å²) in [6, 6.07) is 12.9. The Bertz CT molecular complexity index is 1100. The predicted molar refractivity (Wildman–Crippen MR) is 114 cm³/mol. The third kappa shape index (κ3) is 4.47. The molecule has 0 amide bonds. The average molecular weight is 450 g/mol. The average Bonchev–Trinajstić information content (AvgIpc) is 3.34. The summed E-state index contributed by atoms with van der Waals surface area (Å²) in [5.41, 5.74) is 2.70. The summed E-state index contributed by atoms with van der Waals surface area (Å²) in [5, 5.41) is 21.8. The summed E-state index contributed by atoms with van der Waals surface area (Å²) in [7, 11) is 0. The quantitative estimate of drug-likeness (QED) is 0.349. The van der Waals surface area contributed by atoms with Gasteiger partial charge in [-0.3, -0.25) is 0 Å². The van der Waals surface area contributed by atoms with Crippen LogP contribution in [0.1, 0.15) is 11.5 Å². The zero-order valence-electron chi connectivity index (χ0n) is 14.5. The van der Waals surface area contributed by atoms with Gasteiger partial charge < -0.3 is 9.73 Å². The number of nitrogens with one attached hydrogen (secondary N) is 1. The summed E-state index contributed by atoms with van der Waals surface area (Å²) < 4.78 is 6.50. The van der Waals surface area contributed by atoms with Gasteiger partial charge in [0.1, 0.15) is 0 Å². The Morgan fingerprint density at radius 2 is 1.86 bits per heavy atom. The van der Waals surface area contributed by atoms with E-state index < -0.39 is 0 Å². The van der Waals surface area contributed by atoms with E-state index in [1.807, 2.05) is 37.3 Å². The molecule has 0 aliphatic rings. The maximum atomic E-state index is 6.15. The molecule has 0 bridgehead atoms. The lowest BCUT2D eigenvalue weighted by Crippen LogP contribution is -1.92. The van der Waals surface area contributed by atoms with Gasteiger partial charge in [0, 0.05) is 21.3 Å². The van der Waals surface area contributed by atoms with Gasteiger partial charge in [0.25, 0.3) is 0 Å². The van der Waals surface area contributed by atoms with E-state index in [1.165, 1.54) is 23.1 Å². The minimum Gasteiger partial charge on any atom is -0.420 e. The van der Waals surface area contributed by atoms with Gasteiger partial charge in [-0.05, 0) is 48.9 Å². The molecule has 28 heavy (non-hydrogen) atoms. The third-order valence-electron chi connectivity index (χ3n) is 3.79. The van der Waals surface area contributed by atoms with E-state index in [4.69, 9.17) is 27.6 Å². The second kappa shape index (κ2) is 8.48.